The van der Waals surface area contributed by atoms with E-state index in [1.165, 1.54) is 257 Å². The Hall–Kier alpha value is 0.250. The van der Waals surface area contributed by atoms with Crippen molar-refractivity contribution in [1.82, 2.24) is 6.15 Å². The molecule has 0 atom stereocenters. The lowest BCUT2D eigenvalue weighted by Gasteiger charge is -1.99. The zero-order chi connectivity index (χ0) is 36.3. The van der Waals surface area contributed by atoms with Crippen LogP contribution >= 0.6 is 12.4 Å². The number of hydrogen-bond acceptors (Lipinski definition) is 1. The smallest absolute Gasteiger partial charge is 0.0533 e. The van der Waals surface area contributed by atoms with Crippen LogP contribution < -0.4 is 6.15 Å². The molecule has 2 heteroatoms. The first-order valence-electron chi connectivity index (χ1n) is 23.7. The predicted molar refractivity (Wildman–Crippen MR) is 242 cm³/mol. The third-order valence-electron chi connectivity index (χ3n) is 9.83. The maximum atomic E-state index is 2.28. The molecule has 0 bridgehead atoms. The van der Waals surface area contributed by atoms with Gasteiger partial charge in [-0.2, -0.15) is 0 Å². The second-order valence-corrected chi connectivity index (χ2v) is 15.3. The van der Waals surface area contributed by atoms with Crippen molar-refractivity contribution in [3.8, 4) is 0 Å². The molecule has 0 saturated heterocycles. The van der Waals surface area contributed by atoms with Crippen molar-refractivity contribution in [3.05, 3.63) is 0 Å². The minimum absolute atomic E-state index is 0. The molecule has 1 nitrogen and oxygen atoms in total. The Morgan fingerprint density at radius 3 is 0.260 bits per heavy atom. The zero-order valence-corrected chi connectivity index (χ0v) is 38.2. The van der Waals surface area contributed by atoms with Crippen LogP contribution in [0.15, 0.2) is 0 Å². The zero-order valence-electron chi connectivity index (χ0n) is 37.4. The molecule has 0 spiro atoms. The first-order valence-corrected chi connectivity index (χ1v) is 23.7. The molecule has 50 heavy (non-hydrogen) atoms. The van der Waals surface area contributed by atoms with Gasteiger partial charge in [0.2, 0.25) is 0 Å². The minimum Gasteiger partial charge on any atom is -0.344 e. The van der Waals surface area contributed by atoms with Gasteiger partial charge >= 0.3 is 0 Å². The van der Waals surface area contributed by atoms with Crippen LogP contribution in [-0.4, -0.2) is 0 Å². The second-order valence-electron chi connectivity index (χ2n) is 15.3. The van der Waals surface area contributed by atoms with Gasteiger partial charge in [-0.1, -0.05) is 312 Å². The highest BCUT2D eigenvalue weighted by molar-refractivity contribution is 5.85. The highest BCUT2D eigenvalue weighted by Crippen LogP contribution is 2.13. The average Bonchev–Trinajstić information content (AvgIpc) is 3.10. The van der Waals surface area contributed by atoms with Crippen LogP contribution in [0.25, 0.3) is 0 Å². The predicted octanol–water partition coefficient (Wildman–Crippen LogP) is 20.3. The molecule has 0 aliphatic rings. The summed E-state index contributed by atoms with van der Waals surface area (Å²) in [4.78, 5) is 0. The molecule has 0 aliphatic carbocycles. The lowest BCUT2D eigenvalue weighted by atomic mass is 10.1. The molecule has 0 radical (unpaired) electrons. The van der Waals surface area contributed by atoms with Crippen LogP contribution in [0.2, 0.25) is 0 Å². The Balaban J connectivity index is -0.000000127. The van der Waals surface area contributed by atoms with Gasteiger partial charge in [-0.15, -0.1) is 12.4 Å². The quantitative estimate of drug-likeness (QED) is 0.0639. The molecule has 312 valence electrons. The first kappa shape index (κ1) is 62.2. The van der Waals surface area contributed by atoms with E-state index in [2.05, 4.69) is 55.4 Å². The summed E-state index contributed by atoms with van der Waals surface area (Å²) in [5.41, 5.74) is 0. The molecular formula is C48H108ClN. The number of unbranched alkanes of at least 4 members (excludes halogenated alkanes) is 36. The van der Waals surface area contributed by atoms with Crippen molar-refractivity contribution in [2.45, 2.75) is 312 Å². The molecule has 0 rings (SSSR count). The fraction of sp³-hybridized carbons (Fsp3) is 1.00. The maximum absolute atomic E-state index is 2.28. The number of rotatable bonds is 36. The topological polar surface area (TPSA) is 35.0 Å². The Kier molecular flexibility index (Phi) is 88.1. The average molecular weight is 735 g/mol. The lowest BCUT2D eigenvalue weighted by molar-refractivity contribution is 0.562. The SMILES string of the molecule is CCCCCCCCCCCC.CCCCCCCCCCCC.CCCCCCCCCCCC.CCCCCCCCCCCC.Cl.N. The molecular weight excluding hydrogens is 626 g/mol. The van der Waals surface area contributed by atoms with Crippen LogP contribution in [0, 0.1) is 0 Å². The molecule has 0 saturated carbocycles. The van der Waals surface area contributed by atoms with E-state index in [0.717, 1.165) is 0 Å². The van der Waals surface area contributed by atoms with E-state index < -0.39 is 0 Å². The van der Waals surface area contributed by atoms with Crippen LogP contribution in [-0.2, 0) is 0 Å². The summed E-state index contributed by atoms with van der Waals surface area (Å²) < 4.78 is 0. The Bertz CT molecular complexity index is 320. The van der Waals surface area contributed by atoms with Gasteiger partial charge in [0, 0.05) is 0 Å². The van der Waals surface area contributed by atoms with Crippen LogP contribution in [0.5, 0.6) is 0 Å². The normalized spacial score (nSPS) is 10.1. The van der Waals surface area contributed by atoms with Gasteiger partial charge in [-0.25, -0.2) is 0 Å². The summed E-state index contributed by atoms with van der Waals surface area (Å²) >= 11 is 0. The van der Waals surface area contributed by atoms with Crippen molar-refractivity contribution in [3.63, 3.8) is 0 Å². The van der Waals surface area contributed by atoms with Gasteiger partial charge in [0.25, 0.3) is 0 Å². The van der Waals surface area contributed by atoms with Crippen molar-refractivity contribution < 1.29 is 0 Å². The molecule has 0 aromatic heterocycles. The second kappa shape index (κ2) is 70.8. The molecule has 0 aromatic rings. The van der Waals surface area contributed by atoms with Gasteiger partial charge in [0.1, 0.15) is 0 Å². The Morgan fingerprint density at radius 2 is 0.200 bits per heavy atom. The lowest BCUT2D eigenvalue weighted by Crippen LogP contribution is -1.80. The third-order valence-corrected chi connectivity index (χ3v) is 9.83. The largest absolute Gasteiger partial charge is 0.344 e. The summed E-state index contributed by atoms with van der Waals surface area (Å²) in [6.07, 6.45) is 57.8. The van der Waals surface area contributed by atoms with Crippen LogP contribution in [0.3, 0.4) is 0 Å². The van der Waals surface area contributed by atoms with E-state index in [9.17, 15) is 0 Å². The van der Waals surface area contributed by atoms with Crippen molar-refractivity contribution in [2.75, 3.05) is 0 Å². The molecule has 0 fully saturated rings. The van der Waals surface area contributed by atoms with E-state index in [1.54, 1.807) is 0 Å². The van der Waals surface area contributed by atoms with Gasteiger partial charge < -0.3 is 6.15 Å². The first-order chi connectivity index (χ1) is 23.7. The van der Waals surface area contributed by atoms with Crippen LogP contribution in [0.4, 0.5) is 0 Å². The van der Waals surface area contributed by atoms with E-state index in [4.69, 9.17) is 0 Å². The highest BCUT2D eigenvalue weighted by Gasteiger charge is 1.93. The summed E-state index contributed by atoms with van der Waals surface area (Å²) in [6, 6.07) is 0. The molecule has 3 N–H and O–H groups in total. The molecule has 0 amide bonds. The Labute approximate surface area is 329 Å². The van der Waals surface area contributed by atoms with Crippen molar-refractivity contribution >= 4 is 12.4 Å². The summed E-state index contributed by atoms with van der Waals surface area (Å²) in [7, 11) is 0. The minimum atomic E-state index is 0. The summed E-state index contributed by atoms with van der Waals surface area (Å²) in [5, 5.41) is 0. The van der Waals surface area contributed by atoms with Gasteiger partial charge in [0.15, 0.2) is 0 Å². The van der Waals surface area contributed by atoms with E-state index >= 15 is 0 Å². The van der Waals surface area contributed by atoms with Crippen molar-refractivity contribution in [2.24, 2.45) is 0 Å². The van der Waals surface area contributed by atoms with Gasteiger partial charge in [-0.3, -0.25) is 0 Å². The fourth-order valence-corrected chi connectivity index (χ4v) is 6.24. The van der Waals surface area contributed by atoms with E-state index in [0.29, 0.717) is 0 Å². The monoisotopic (exact) mass is 734 g/mol. The highest BCUT2D eigenvalue weighted by atomic mass is 35.5. The standard InChI is InChI=1S/4C12H26.ClH.H3N/c4*1-3-5-7-9-11-12-10-8-6-4-2;;/h4*3-12H2,1-2H3;1H;1H3. The van der Waals surface area contributed by atoms with Crippen LogP contribution in [0.1, 0.15) is 312 Å². The fourth-order valence-electron chi connectivity index (χ4n) is 6.24. The summed E-state index contributed by atoms with van der Waals surface area (Å²) in [6.45, 7) is 18.2. The summed E-state index contributed by atoms with van der Waals surface area (Å²) in [5.74, 6) is 0. The number of hydrogen-bond donors (Lipinski definition) is 1. The third kappa shape index (κ3) is 82.0. The molecule has 0 heterocycles. The molecule has 0 unspecified atom stereocenters. The van der Waals surface area contributed by atoms with Crippen molar-refractivity contribution in [1.29, 1.82) is 0 Å². The van der Waals surface area contributed by atoms with E-state index in [-0.39, 0.29) is 18.6 Å². The van der Waals surface area contributed by atoms with Gasteiger partial charge in [-0.05, 0) is 0 Å². The van der Waals surface area contributed by atoms with E-state index in [1.807, 2.05) is 0 Å². The molecule has 0 aromatic carbocycles. The Morgan fingerprint density at radius 1 is 0.140 bits per heavy atom. The van der Waals surface area contributed by atoms with Gasteiger partial charge in [0.05, 0.1) is 0 Å². The number of halogens is 1. The molecule has 0 aliphatic heterocycles. The maximum Gasteiger partial charge on any atom is -0.0533 e.